The molecule has 96 valence electrons. The van der Waals surface area contributed by atoms with Crippen LogP contribution in [0.15, 0.2) is 0 Å². The Morgan fingerprint density at radius 1 is 1.38 bits per heavy atom. The van der Waals surface area contributed by atoms with E-state index in [4.69, 9.17) is 5.73 Å². The highest BCUT2D eigenvalue weighted by Gasteiger charge is 2.34. The molecule has 1 aliphatic heterocycles. The molecule has 16 heavy (non-hydrogen) atoms. The van der Waals surface area contributed by atoms with Crippen molar-refractivity contribution in [1.82, 2.24) is 9.80 Å². The summed E-state index contributed by atoms with van der Waals surface area (Å²) in [4.78, 5) is 5.06. The third-order valence-electron chi connectivity index (χ3n) is 3.87. The molecule has 0 bridgehead atoms. The molecule has 0 radical (unpaired) electrons. The summed E-state index contributed by atoms with van der Waals surface area (Å²) < 4.78 is 0. The van der Waals surface area contributed by atoms with Crippen molar-refractivity contribution in [3.63, 3.8) is 0 Å². The Bertz CT molecular complexity index is 203. The molecule has 3 nitrogen and oxygen atoms in total. The summed E-state index contributed by atoms with van der Waals surface area (Å²) in [7, 11) is 2.21. The van der Waals surface area contributed by atoms with Crippen LogP contribution in [0.2, 0.25) is 0 Å². The molecule has 0 aromatic heterocycles. The first-order valence-corrected chi connectivity index (χ1v) is 6.66. The second kappa shape index (κ2) is 5.99. The van der Waals surface area contributed by atoms with E-state index in [1.807, 2.05) is 0 Å². The van der Waals surface area contributed by atoms with Crippen molar-refractivity contribution >= 4 is 0 Å². The standard InChI is InChI=1S/C13H29N3/c1-5-6-8-16-12(10-14)11-15(4)9-7-13(16,2)3/h12H,5-11,14H2,1-4H3. The lowest BCUT2D eigenvalue weighted by molar-refractivity contribution is 0.0773. The summed E-state index contributed by atoms with van der Waals surface area (Å²) in [6, 6.07) is 0.522. The van der Waals surface area contributed by atoms with Crippen LogP contribution < -0.4 is 5.73 Å². The Labute approximate surface area is 101 Å². The lowest BCUT2D eigenvalue weighted by atomic mass is 9.96. The van der Waals surface area contributed by atoms with Crippen LogP contribution in [0.25, 0.3) is 0 Å². The first-order chi connectivity index (χ1) is 7.51. The zero-order chi connectivity index (χ0) is 12.2. The zero-order valence-electron chi connectivity index (χ0n) is 11.5. The summed E-state index contributed by atoms with van der Waals surface area (Å²) in [5.74, 6) is 0. The minimum absolute atomic E-state index is 0.296. The Morgan fingerprint density at radius 3 is 2.62 bits per heavy atom. The van der Waals surface area contributed by atoms with Crippen LogP contribution in [0, 0.1) is 0 Å². The van der Waals surface area contributed by atoms with Crippen LogP contribution in [-0.2, 0) is 0 Å². The minimum atomic E-state index is 0.296. The molecule has 0 saturated carbocycles. The molecule has 3 heteroatoms. The Hall–Kier alpha value is -0.120. The van der Waals surface area contributed by atoms with E-state index in [0.29, 0.717) is 11.6 Å². The predicted octanol–water partition coefficient (Wildman–Crippen LogP) is 1.53. The summed E-state index contributed by atoms with van der Waals surface area (Å²) >= 11 is 0. The number of unbranched alkanes of at least 4 members (excludes halogenated alkanes) is 1. The third-order valence-corrected chi connectivity index (χ3v) is 3.87. The highest BCUT2D eigenvalue weighted by molar-refractivity contribution is 4.91. The molecule has 1 atom stereocenters. The monoisotopic (exact) mass is 227 g/mol. The second-order valence-corrected chi connectivity index (χ2v) is 5.76. The minimum Gasteiger partial charge on any atom is -0.329 e. The van der Waals surface area contributed by atoms with Crippen molar-refractivity contribution in [1.29, 1.82) is 0 Å². The van der Waals surface area contributed by atoms with Gasteiger partial charge in [-0.15, -0.1) is 0 Å². The normalized spacial score (nSPS) is 27.9. The maximum atomic E-state index is 5.95. The van der Waals surface area contributed by atoms with Crippen molar-refractivity contribution in [2.45, 2.75) is 51.6 Å². The molecular formula is C13H29N3. The lowest BCUT2D eigenvalue weighted by Crippen LogP contribution is -2.53. The van der Waals surface area contributed by atoms with Crippen molar-refractivity contribution in [2.75, 3.05) is 33.2 Å². The number of nitrogens with zero attached hydrogens (tertiary/aromatic N) is 2. The molecule has 1 saturated heterocycles. The molecular weight excluding hydrogens is 198 g/mol. The highest BCUT2D eigenvalue weighted by Crippen LogP contribution is 2.25. The number of likely N-dealkylation sites (N-methyl/N-ethyl adjacent to an activating group) is 1. The highest BCUT2D eigenvalue weighted by atomic mass is 15.3. The average molecular weight is 227 g/mol. The predicted molar refractivity (Wildman–Crippen MR) is 70.6 cm³/mol. The molecule has 0 amide bonds. The molecule has 2 N–H and O–H groups in total. The SMILES string of the molecule is CCCCN1C(CN)CN(C)CCC1(C)C. The van der Waals surface area contributed by atoms with E-state index in [0.717, 1.165) is 13.1 Å². The summed E-state index contributed by atoms with van der Waals surface area (Å²) in [6.07, 6.45) is 3.78. The molecule has 1 heterocycles. The third kappa shape index (κ3) is 3.44. The van der Waals surface area contributed by atoms with E-state index in [-0.39, 0.29) is 0 Å². The smallest absolute Gasteiger partial charge is 0.0350 e. The molecule has 1 fully saturated rings. The van der Waals surface area contributed by atoms with Gasteiger partial charge in [0.25, 0.3) is 0 Å². The topological polar surface area (TPSA) is 32.5 Å². The average Bonchev–Trinajstić information content (AvgIpc) is 2.34. The van der Waals surface area contributed by atoms with Crippen LogP contribution in [-0.4, -0.2) is 54.6 Å². The number of rotatable bonds is 4. The van der Waals surface area contributed by atoms with E-state index in [9.17, 15) is 0 Å². The van der Waals surface area contributed by atoms with Gasteiger partial charge in [0, 0.05) is 24.7 Å². The van der Waals surface area contributed by atoms with Crippen molar-refractivity contribution in [3.05, 3.63) is 0 Å². The van der Waals surface area contributed by atoms with Gasteiger partial charge in [0.05, 0.1) is 0 Å². The second-order valence-electron chi connectivity index (χ2n) is 5.76. The molecule has 0 spiro atoms. The summed E-state index contributed by atoms with van der Waals surface area (Å²) in [5.41, 5.74) is 6.25. The van der Waals surface area contributed by atoms with Gasteiger partial charge in [-0.25, -0.2) is 0 Å². The van der Waals surface area contributed by atoms with Gasteiger partial charge in [-0.2, -0.15) is 0 Å². The van der Waals surface area contributed by atoms with Gasteiger partial charge in [-0.05, 0) is 46.8 Å². The van der Waals surface area contributed by atoms with Crippen molar-refractivity contribution in [3.8, 4) is 0 Å². The summed E-state index contributed by atoms with van der Waals surface area (Å²) in [5, 5.41) is 0. The van der Waals surface area contributed by atoms with Gasteiger partial charge in [0.2, 0.25) is 0 Å². The fraction of sp³-hybridized carbons (Fsp3) is 1.00. The Balaban J connectivity index is 2.75. The van der Waals surface area contributed by atoms with Crippen LogP contribution in [0.3, 0.4) is 0 Å². The van der Waals surface area contributed by atoms with Crippen LogP contribution in [0.4, 0.5) is 0 Å². The number of hydrogen-bond acceptors (Lipinski definition) is 3. The van der Waals surface area contributed by atoms with Crippen LogP contribution in [0.1, 0.15) is 40.0 Å². The summed E-state index contributed by atoms with van der Waals surface area (Å²) in [6.45, 7) is 11.3. The first kappa shape index (κ1) is 13.9. The maximum Gasteiger partial charge on any atom is 0.0350 e. The largest absolute Gasteiger partial charge is 0.329 e. The van der Waals surface area contributed by atoms with Gasteiger partial charge in [0.15, 0.2) is 0 Å². The molecule has 0 aromatic carbocycles. The molecule has 0 aromatic rings. The van der Waals surface area contributed by atoms with E-state index in [1.165, 1.54) is 32.4 Å². The van der Waals surface area contributed by atoms with Gasteiger partial charge in [-0.1, -0.05) is 13.3 Å². The Morgan fingerprint density at radius 2 is 2.06 bits per heavy atom. The van der Waals surface area contributed by atoms with E-state index >= 15 is 0 Å². The lowest BCUT2D eigenvalue weighted by Gasteiger charge is -2.41. The molecule has 1 unspecified atom stereocenters. The zero-order valence-corrected chi connectivity index (χ0v) is 11.5. The van der Waals surface area contributed by atoms with Crippen molar-refractivity contribution in [2.24, 2.45) is 5.73 Å². The fourth-order valence-corrected chi connectivity index (χ4v) is 2.67. The Kier molecular flexibility index (Phi) is 5.22. The number of nitrogens with two attached hydrogens (primary N) is 1. The number of hydrogen-bond donors (Lipinski definition) is 1. The van der Waals surface area contributed by atoms with E-state index in [1.54, 1.807) is 0 Å². The molecule has 1 aliphatic rings. The van der Waals surface area contributed by atoms with Gasteiger partial charge < -0.3 is 10.6 Å². The van der Waals surface area contributed by atoms with E-state index < -0.39 is 0 Å². The first-order valence-electron chi connectivity index (χ1n) is 6.66. The van der Waals surface area contributed by atoms with Crippen LogP contribution >= 0.6 is 0 Å². The quantitative estimate of drug-likeness (QED) is 0.790. The molecule has 1 rings (SSSR count). The van der Waals surface area contributed by atoms with E-state index in [2.05, 4.69) is 37.6 Å². The van der Waals surface area contributed by atoms with Gasteiger partial charge in [-0.3, -0.25) is 4.90 Å². The van der Waals surface area contributed by atoms with Gasteiger partial charge in [0.1, 0.15) is 0 Å². The molecule has 0 aliphatic carbocycles. The van der Waals surface area contributed by atoms with Gasteiger partial charge >= 0.3 is 0 Å². The maximum absolute atomic E-state index is 5.95. The fourth-order valence-electron chi connectivity index (χ4n) is 2.67. The van der Waals surface area contributed by atoms with Crippen LogP contribution in [0.5, 0.6) is 0 Å². The van der Waals surface area contributed by atoms with Crippen molar-refractivity contribution < 1.29 is 0 Å².